The number of anilines is 1. The molecule has 0 unspecified atom stereocenters. The zero-order chi connectivity index (χ0) is 13.1. The molecule has 9 heteroatoms. The number of aromatic amines is 1. The van der Waals surface area contributed by atoms with Crippen LogP contribution in [0, 0.1) is 0 Å². The third kappa shape index (κ3) is 2.77. The Labute approximate surface area is 111 Å². The van der Waals surface area contributed by atoms with Gasteiger partial charge in [0.2, 0.25) is 5.95 Å². The molecule has 0 aliphatic carbocycles. The second-order valence-electron chi connectivity index (χ2n) is 3.61. The van der Waals surface area contributed by atoms with Gasteiger partial charge >= 0.3 is 0 Å². The van der Waals surface area contributed by atoms with E-state index in [9.17, 15) is 4.79 Å². The predicted molar refractivity (Wildman–Crippen MR) is 67.2 cm³/mol. The van der Waals surface area contributed by atoms with Crippen molar-refractivity contribution in [3.63, 3.8) is 0 Å². The first-order valence-electron chi connectivity index (χ1n) is 5.06. The summed E-state index contributed by atoms with van der Waals surface area (Å²) in [6.07, 6.45) is -0.0735. The number of tetrazole rings is 1. The van der Waals surface area contributed by atoms with Crippen LogP contribution in [0.1, 0.15) is 23.5 Å². The number of H-pyrrole nitrogens is 1. The summed E-state index contributed by atoms with van der Waals surface area (Å²) in [5.41, 5.74) is 0. The molecule has 0 radical (unpaired) electrons. The molecule has 0 atom stereocenters. The lowest BCUT2D eigenvalue weighted by Gasteiger charge is -2.10. The number of hydrogen-bond acceptors (Lipinski definition) is 6. The van der Waals surface area contributed by atoms with Gasteiger partial charge in [-0.1, -0.05) is 16.7 Å². The molecule has 1 amide bonds. The van der Waals surface area contributed by atoms with E-state index < -0.39 is 0 Å². The molecule has 2 rings (SSSR count). The lowest BCUT2D eigenvalue weighted by Crippen LogP contribution is -2.14. The van der Waals surface area contributed by atoms with E-state index in [-0.39, 0.29) is 18.0 Å². The van der Waals surface area contributed by atoms with Gasteiger partial charge in [-0.25, -0.2) is 5.10 Å². The Hall–Kier alpha value is -1.67. The Morgan fingerprint density at radius 2 is 2.39 bits per heavy atom. The summed E-state index contributed by atoms with van der Waals surface area (Å²) in [5, 5.41) is 17.3. The summed E-state index contributed by atoms with van der Waals surface area (Å²) in [6, 6.07) is 0. The molecule has 0 aromatic carbocycles. The van der Waals surface area contributed by atoms with E-state index in [2.05, 4.69) is 25.9 Å². The minimum Gasteiger partial charge on any atom is -0.488 e. The minimum atomic E-state index is -0.374. The Kier molecular flexibility index (Phi) is 3.78. The van der Waals surface area contributed by atoms with Gasteiger partial charge in [-0.3, -0.25) is 10.1 Å². The Balaban J connectivity index is 2.19. The SMILES string of the molecule is CC(C)Oc1c(Cl)csc1C(=O)Nc1nnn[nH]1. The largest absolute Gasteiger partial charge is 0.488 e. The topological polar surface area (TPSA) is 92.8 Å². The van der Waals surface area contributed by atoms with Crippen molar-refractivity contribution in [1.29, 1.82) is 0 Å². The minimum absolute atomic E-state index is 0.0735. The number of nitrogens with one attached hydrogen (secondary N) is 2. The third-order valence-electron chi connectivity index (χ3n) is 1.84. The van der Waals surface area contributed by atoms with Gasteiger partial charge in [-0.05, 0) is 24.3 Å². The van der Waals surface area contributed by atoms with E-state index in [0.717, 1.165) is 0 Å². The first kappa shape index (κ1) is 12.8. The van der Waals surface area contributed by atoms with Crippen LogP contribution in [-0.4, -0.2) is 32.6 Å². The van der Waals surface area contributed by atoms with Crippen molar-refractivity contribution < 1.29 is 9.53 Å². The number of nitrogens with zero attached hydrogens (tertiary/aromatic N) is 3. The third-order valence-corrected chi connectivity index (χ3v) is 3.21. The molecular weight excluding hydrogens is 278 g/mol. The zero-order valence-electron chi connectivity index (χ0n) is 9.60. The van der Waals surface area contributed by atoms with Crippen LogP contribution in [0.25, 0.3) is 0 Å². The van der Waals surface area contributed by atoms with Crippen molar-refractivity contribution >= 4 is 34.8 Å². The molecule has 0 spiro atoms. The summed E-state index contributed by atoms with van der Waals surface area (Å²) >= 11 is 7.17. The standard InChI is InChI=1S/C9H10ClN5O2S/c1-4(2)17-6-5(10)3-18-7(6)8(16)11-9-12-14-15-13-9/h3-4H,1-2H3,(H2,11,12,13,14,15,16). The van der Waals surface area contributed by atoms with Gasteiger partial charge in [0.15, 0.2) is 5.75 Å². The number of rotatable bonds is 4. The van der Waals surface area contributed by atoms with E-state index in [4.69, 9.17) is 16.3 Å². The molecule has 2 aromatic rings. The number of hydrogen-bond donors (Lipinski definition) is 2. The van der Waals surface area contributed by atoms with E-state index in [0.29, 0.717) is 15.6 Å². The molecular formula is C9H10ClN5O2S. The molecule has 18 heavy (non-hydrogen) atoms. The summed E-state index contributed by atoms with van der Waals surface area (Å²) in [7, 11) is 0. The van der Waals surface area contributed by atoms with Gasteiger partial charge in [0, 0.05) is 5.38 Å². The van der Waals surface area contributed by atoms with E-state index in [1.807, 2.05) is 13.8 Å². The first-order valence-corrected chi connectivity index (χ1v) is 6.32. The van der Waals surface area contributed by atoms with Gasteiger partial charge in [0.05, 0.1) is 11.1 Å². The highest BCUT2D eigenvalue weighted by molar-refractivity contribution is 7.13. The van der Waals surface area contributed by atoms with Crippen molar-refractivity contribution in [3.05, 3.63) is 15.3 Å². The van der Waals surface area contributed by atoms with Crippen molar-refractivity contribution in [1.82, 2.24) is 20.6 Å². The predicted octanol–water partition coefficient (Wildman–Crippen LogP) is 1.95. The number of aromatic nitrogens is 4. The summed E-state index contributed by atoms with van der Waals surface area (Å²) in [5.74, 6) is 0.169. The Morgan fingerprint density at radius 3 is 3.00 bits per heavy atom. The van der Waals surface area contributed by atoms with Gasteiger partial charge < -0.3 is 4.74 Å². The molecule has 0 saturated carbocycles. The van der Waals surface area contributed by atoms with Crippen molar-refractivity contribution in [2.75, 3.05) is 5.32 Å². The van der Waals surface area contributed by atoms with E-state index in [1.165, 1.54) is 11.3 Å². The van der Waals surface area contributed by atoms with Crippen LogP contribution in [0.15, 0.2) is 5.38 Å². The fraction of sp³-hybridized carbons (Fsp3) is 0.333. The number of halogens is 1. The Morgan fingerprint density at radius 1 is 1.61 bits per heavy atom. The molecule has 2 heterocycles. The zero-order valence-corrected chi connectivity index (χ0v) is 11.2. The van der Waals surface area contributed by atoms with E-state index >= 15 is 0 Å². The maximum Gasteiger partial charge on any atom is 0.272 e. The molecule has 2 aromatic heterocycles. The van der Waals surface area contributed by atoms with Crippen LogP contribution >= 0.6 is 22.9 Å². The summed E-state index contributed by atoms with van der Waals surface area (Å²) in [6.45, 7) is 3.71. The molecule has 2 N–H and O–H groups in total. The van der Waals surface area contributed by atoms with Gasteiger partial charge in [0.1, 0.15) is 4.88 Å². The quantitative estimate of drug-likeness (QED) is 0.896. The highest BCUT2D eigenvalue weighted by Gasteiger charge is 2.20. The van der Waals surface area contributed by atoms with E-state index in [1.54, 1.807) is 5.38 Å². The maximum atomic E-state index is 12.0. The smallest absolute Gasteiger partial charge is 0.272 e. The second kappa shape index (κ2) is 5.32. The van der Waals surface area contributed by atoms with Crippen LogP contribution in [0.3, 0.4) is 0 Å². The molecule has 96 valence electrons. The monoisotopic (exact) mass is 287 g/mol. The average Bonchev–Trinajstić information content (AvgIpc) is 2.90. The second-order valence-corrected chi connectivity index (χ2v) is 4.90. The van der Waals surface area contributed by atoms with Crippen molar-refractivity contribution in [2.45, 2.75) is 20.0 Å². The number of thiophene rings is 1. The lowest BCUT2D eigenvalue weighted by atomic mass is 10.4. The van der Waals surface area contributed by atoms with Crippen LogP contribution in [0.5, 0.6) is 5.75 Å². The normalized spacial score (nSPS) is 10.7. The number of carbonyl (C=O) groups is 1. The van der Waals surface area contributed by atoms with Crippen molar-refractivity contribution in [2.24, 2.45) is 0 Å². The lowest BCUT2D eigenvalue weighted by molar-refractivity contribution is 0.102. The van der Waals surface area contributed by atoms with Gasteiger partial charge in [0.25, 0.3) is 5.91 Å². The molecule has 0 aliphatic rings. The molecule has 0 fully saturated rings. The molecule has 0 aliphatic heterocycles. The van der Waals surface area contributed by atoms with Crippen LogP contribution in [0.4, 0.5) is 5.95 Å². The van der Waals surface area contributed by atoms with Gasteiger partial charge in [-0.15, -0.1) is 11.3 Å². The number of amides is 1. The fourth-order valence-electron chi connectivity index (χ4n) is 1.20. The maximum absolute atomic E-state index is 12.0. The van der Waals surface area contributed by atoms with Crippen LogP contribution in [-0.2, 0) is 0 Å². The van der Waals surface area contributed by atoms with Crippen molar-refractivity contribution in [3.8, 4) is 5.75 Å². The molecule has 0 saturated heterocycles. The molecule has 7 nitrogen and oxygen atoms in total. The average molecular weight is 288 g/mol. The highest BCUT2D eigenvalue weighted by Crippen LogP contribution is 2.35. The van der Waals surface area contributed by atoms with Gasteiger partial charge in [-0.2, -0.15) is 0 Å². The fourth-order valence-corrected chi connectivity index (χ4v) is 2.28. The number of ether oxygens (including phenoxy) is 1. The number of carbonyl (C=O) groups excluding carboxylic acids is 1. The molecule has 0 bridgehead atoms. The summed E-state index contributed by atoms with van der Waals surface area (Å²) in [4.78, 5) is 12.4. The first-order chi connectivity index (χ1) is 8.58. The highest BCUT2D eigenvalue weighted by atomic mass is 35.5. The van der Waals surface area contributed by atoms with Crippen LogP contribution < -0.4 is 10.1 Å². The summed E-state index contributed by atoms with van der Waals surface area (Å²) < 4.78 is 5.51. The van der Waals surface area contributed by atoms with Crippen LogP contribution in [0.2, 0.25) is 5.02 Å². The Bertz CT molecular complexity index is 539.